The molecule has 0 bridgehead atoms. The number of aromatic nitrogens is 1. The van der Waals surface area contributed by atoms with Crippen LogP contribution in [0.2, 0.25) is 0 Å². The molecule has 2 aromatic rings. The summed E-state index contributed by atoms with van der Waals surface area (Å²) in [6.07, 6.45) is 3.89. The molecule has 3 amide bonds. The van der Waals surface area contributed by atoms with Crippen LogP contribution >= 0.6 is 0 Å². The summed E-state index contributed by atoms with van der Waals surface area (Å²) in [7, 11) is 1.53. The monoisotopic (exact) mass is 438 g/mol. The standard InChI is InChI=1S/C23H27FN6O2/c1-25-22(31)16-4-5-19(17(24)12-16)29-9-7-28(8-10-29)14-15-11-18-21(26-13-15)20-3-2-6-30(20)23(32)27-18/h4-5,11-13,20H,2-3,6-10,14H2,1H3,(H,25,31)(H,27,32). The van der Waals surface area contributed by atoms with Crippen molar-refractivity contribution in [1.82, 2.24) is 20.1 Å². The summed E-state index contributed by atoms with van der Waals surface area (Å²) in [6.45, 7) is 4.49. The van der Waals surface area contributed by atoms with Crippen molar-refractivity contribution in [1.29, 1.82) is 0 Å². The van der Waals surface area contributed by atoms with E-state index >= 15 is 0 Å². The van der Waals surface area contributed by atoms with Crippen LogP contribution in [-0.2, 0) is 6.54 Å². The third-order valence-corrected chi connectivity index (χ3v) is 6.60. The second-order valence-electron chi connectivity index (χ2n) is 8.57. The van der Waals surface area contributed by atoms with E-state index in [4.69, 9.17) is 0 Å². The maximum absolute atomic E-state index is 14.6. The van der Waals surface area contributed by atoms with Crippen molar-refractivity contribution in [2.24, 2.45) is 0 Å². The Balaban J connectivity index is 1.22. The van der Waals surface area contributed by atoms with Crippen LogP contribution in [0.25, 0.3) is 0 Å². The van der Waals surface area contributed by atoms with E-state index in [0.29, 0.717) is 24.3 Å². The van der Waals surface area contributed by atoms with Crippen LogP contribution in [0.1, 0.15) is 40.5 Å². The normalized spacial score (nSPS) is 20.6. The second-order valence-corrected chi connectivity index (χ2v) is 8.57. The van der Waals surface area contributed by atoms with Crippen molar-refractivity contribution in [2.75, 3.05) is 50.0 Å². The molecule has 1 aromatic heterocycles. The lowest BCUT2D eigenvalue weighted by atomic mass is 10.1. The molecule has 1 unspecified atom stereocenters. The minimum absolute atomic E-state index is 0.0305. The molecule has 8 nitrogen and oxygen atoms in total. The number of rotatable bonds is 4. The van der Waals surface area contributed by atoms with E-state index in [0.717, 1.165) is 56.0 Å². The Kier molecular flexibility index (Phi) is 5.42. The number of nitrogens with one attached hydrogen (secondary N) is 2. The highest BCUT2D eigenvalue weighted by Gasteiger charge is 2.37. The molecule has 3 aliphatic heterocycles. The first kappa shape index (κ1) is 20.7. The minimum Gasteiger partial charge on any atom is -0.367 e. The molecule has 0 spiro atoms. The van der Waals surface area contributed by atoms with Crippen molar-refractivity contribution in [2.45, 2.75) is 25.4 Å². The number of anilines is 2. The molecular weight excluding hydrogens is 411 g/mol. The van der Waals surface area contributed by atoms with E-state index in [1.165, 1.54) is 13.1 Å². The summed E-state index contributed by atoms with van der Waals surface area (Å²) in [4.78, 5) is 34.9. The Hall–Kier alpha value is -3.20. The average molecular weight is 439 g/mol. The molecule has 0 saturated carbocycles. The predicted octanol–water partition coefficient (Wildman–Crippen LogP) is 2.58. The number of halogens is 1. The van der Waals surface area contributed by atoms with Gasteiger partial charge >= 0.3 is 6.03 Å². The Bertz CT molecular complexity index is 1050. The number of urea groups is 1. The van der Waals surface area contributed by atoms with Gasteiger partial charge < -0.3 is 20.4 Å². The van der Waals surface area contributed by atoms with Crippen molar-refractivity contribution in [3.8, 4) is 0 Å². The molecule has 0 aliphatic carbocycles. The van der Waals surface area contributed by atoms with E-state index in [9.17, 15) is 14.0 Å². The van der Waals surface area contributed by atoms with E-state index in [1.807, 2.05) is 22.1 Å². The number of nitrogens with zero attached hydrogens (tertiary/aromatic N) is 4. The highest BCUT2D eigenvalue weighted by atomic mass is 19.1. The molecule has 9 heteroatoms. The minimum atomic E-state index is -0.380. The number of piperazine rings is 1. The molecule has 32 heavy (non-hydrogen) atoms. The first-order chi connectivity index (χ1) is 15.5. The summed E-state index contributed by atoms with van der Waals surface area (Å²) in [6, 6.07) is 6.73. The molecule has 2 N–H and O–H groups in total. The molecule has 0 radical (unpaired) electrons. The van der Waals surface area contributed by atoms with E-state index in [2.05, 4.69) is 20.5 Å². The van der Waals surface area contributed by atoms with Crippen LogP contribution in [-0.4, -0.2) is 66.5 Å². The summed E-state index contributed by atoms with van der Waals surface area (Å²) >= 11 is 0. The van der Waals surface area contributed by atoms with Gasteiger partial charge in [0.05, 0.1) is 23.1 Å². The summed E-state index contributed by atoms with van der Waals surface area (Å²) in [5.74, 6) is -0.675. The van der Waals surface area contributed by atoms with Gasteiger partial charge in [-0.15, -0.1) is 0 Å². The molecule has 168 valence electrons. The molecule has 3 aliphatic rings. The lowest BCUT2D eigenvalue weighted by Gasteiger charge is -2.36. The van der Waals surface area contributed by atoms with Crippen LogP contribution in [0.15, 0.2) is 30.5 Å². The smallest absolute Gasteiger partial charge is 0.322 e. The van der Waals surface area contributed by atoms with Crippen LogP contribution < -0.4 is 15.5 Å². The molecule has 2 saturated heterocycles. The van der Waals surface area contributed by atoms with Gasteiger partial charge in [0.25, 0.3) is 5.91 Å². The van der Waals surface area contributed by atoms with Gasteiger partial charge in [-0.3, -0.25) is 14.7 Å². The molecule has 2 fully saturated rings. The van der Waals surface area contributed by atoms with E-state index in [1.54, 1.807) is 12.1 Å². The fraction of sp³-hybridized carbons (Fsp3) is 0.435. The number of hydrogen-bond acceptors (Lipinski definition) is 5. The number of hydrogen-bond donors (Lipinski definition) is 2. The van der Waals surface area contributed by atoms with Crippen molar-refractivity contribution < 1.29 is 14.0 Å². The lowest BCUT2D eigenvalue weighted by molar-refractivity contribution is 0.0962. The van der Waals surface area contributed by atoms with Gasteiger partial charge in [-0.1, -0.05) is 0 Å². The van der Waals surface area contributed by atoms with E-state index in [-0.39, 0.29) is 23.8 Å². The number of carbonyl (C=O) groups excluding carboxylic acids is 2. The Morgan fingerprint density at radius 1 is 1.22 bits per heavy atom. The van der Waals surface area contributed by atoms with Gasteiger partial charge in [0.1, 0.15) is 5.82 Å². The third kappa shape index (κ3) is 3.77. The fourth-order valence-electron chi connectivity index (χ4n) is 4.91. The zero-order valence-corrected chi connectivity index (χ0v) is 18.1. The average Bonchev–Trinajstić information content (AvgIpc) is 3.30. The quantitative estimate of drug-likeness (QED) is 0.767. The largest absolute Gasteiger partial charge is 0.367 e. The third-order valence-electron chi connectivity index (χ3n) is 6.60. The highest BCUT2D eigenvalue weighted by Crippen LogP contribution is 2.38. The summed E-state index contributed by atoms with van der Waals surface area (Å²) < 4.78 is 14.6. The molecule has 4 heterocycles. The lowest BCUT2D eigenvalue weighted by Crippen LogP contribution is -2.46. The summed E-state index contributed by atoms with van der Waals surface area (Å²) in [5.41, 5.74) is 3.70. The van der Waals surface area contributed by atoms with Gasteiger partial charge in [0.2, 0.25) is 0 Å². The zero-order valence-electron chi connectivity index (χ0n) is 18.1. The maximum Gasteiger partial charge on any atom is 0.322 e. The van der Waals surface area contributed by atoms with Gasteiger partial charge in [0, 0.05) is 58.1 Å². The van der Waals surface area contributed by atoms with Crippen molar-refractivity contribution in [3.05, 3.63) is 53.1 Å². The first-order valence-electron chi connectivity index (χ1n) is 11.1. The highest BCUT2D eigenvalue weighted by molar-refractivity contribution is 5.94. The fourth-order valence-corrected chi connectivity index (χ4v) is 4.91. The van der Waals surface area contributed by atoms with Gasteiger partial charge in [0.15, 0.2) is 0 Å². The van der Waals surface area contributed by atoms with Gasteiger partial charge in [-0.05, 0) is 42.7 Å². The van der Waals surface area contributed by atoms with Crippen LogP contribution in [0.4, 0.5) is 20.6 Å². The Labute approximate surface area is 186 Å². The molecule has 5 rings (SSSR count). The SMILES string of the molecule is CNC(=O)c1ccc(N2CCN(Cc3cnc4c(c3)NC(=O)N3CCCC43)CC2)c(F)c1. The number of pyridine rings is 1. The van der Waals surface area contributed by atoms with Crippen LogP contribution in [0.3, 0.4) is 0 Å². The first-order valence-corrected chi connectivity index (χ1v) is 11.1. The van der Waals surface area contributed by atoms with Crippen LogP contribution in [0.5, 0.6) is 0 Å². The zero-order chi connectivity index (χ0) is 22.2. The molecule has 1 atom stereocenters. The number of carbonyl (C=O) groups is 2. The predicted molar refractivity (Wildman–Crippen MR) is 119 cm³/mol. The van der Waals surface area contributed by atoms with E-state index < -0.39 is 0 Å². The second kappa shape index (κ2) is 8.38. The van der Waals surface area contributed by atoms with Crippen LogP contribution in [0, 0.1) is 5.82 Å². The number of fused-ring (bicyclic) bond motifs is 3. The number of benzene rings is 1. The number of amides is 3. The Morgan fingerprint density at radius 3 is 2.78 bits per heavy atom. The molecule has 1 aromatic carbocycles. The van der Waals surface area contributed by atoms with Gasteiger partial charge in [-0.2, -0.15) is 0 Å². The van der Waals surface area contributed by atoms with Gasteiger partial charge in [-0.25, -0.2) is 9.18 Å². The molecular formula is C23H27FN6O2. The summed E-state index contributed by atoms with van der Waals surface area (Å²) in [5, 5.41) is 5.50. The maximum atomic E-state index is 14.6. The topological polar surface area (TPSA) is 80.8 Å². The van der Waals surface area contributed by atoms with Crippen molar-refractivity contribution in [3.63, 3.8) is 0 Å². The van der Waals surface area contributed by atoms with Crippen molar-refractivity contribution >= 4 is 23.3 Å². The Morgan fingerprint density at radius 2 is 2.03 bits per heavy atom.